The molecule has 0 atom stereocenters. The Morgan fingerprint density at radius 3 is 2.94 bits per heavy atom. The van der Waals surface area contributed by atoms with Crippen molar-refractivity contribution in [1.29, 1.82) is 0 Å². The van der Waals surface area contributed by atoms with E-state index in [1.165, 1.54) is 17.5 Å². The van der Waals surface area contributed by atoms with Gasteiger partial charge in [0.25, 0.3) is 5.95 Å². The van der Waals surface area contributed by atoms with Crippen LogP contribution in [0.5, 0.6) is 6.01 Å². The first-order chi connectivity index (χ1) is 8.81. The highest BCUT2D eigenvalue weighted by molar-refractivity contribution is 5.24. The molecule has 7 heteroatoms. The van der Waals surface area contributed by atoms with Crippen LogP contribution in [0.3, 0.4) is 0 Å². The van der Waals surface area contributed by atoms with Crippen LogP contribution < -0.4 is 10.5 Å². The van der Waals surface area contributed by atoms with E-state index in [2.05, 4.69) is 20.1 Å². The highest BCUT2D eigenvalue weighted by Gasteiger charge is 2.21. The molecule has 2 heterocycles. The summed E-state index contributed by atoms with van der Waals surface area (Å²) in [6, 6.07) is 2.04. The van der Waals surface area contributed by atoms with Crippen LogP contribution in [0.4, 0.5) is 5.95 Å². The monoisotopic (exact) mass is 246 g/mol. The SMILES string of the molecule is Nc1nc(OCCC2CC2)nc(-n2cccn2)n1. The number of nitrogens with zero attached hydrogens (tertiary/aromatic N) is 5. The summed E-state index contributed by atoms with van der Waals surface area (Å²) in [7, 11) is 0. The van der Waals surface area contributed by atoms with Gasteiger partial charge in [-0.05, 0) is 18.4 Å². The first-order valence-electron chi connectivity index (χ1n) is 5.95. The van der Waals surface area contributed by atoms with E-state index in [0.29, 0.717) is 12.6 Å². The first kappa shape index (κ1) is 10.9. The second-order valence-corrected chi connectivity index (χ2v) is 4.31. The zero-order chi connectivity index (χ0) is 12.4. The van der Waals surface area contributed by atoms with E-state index in [0.717, 1.165) is 12.3 Å². The quantitative estimate of drug-likeness (QED) is 0.839. The van der Waals surface area contributed by atoms with E-state index in [9.17, 15) is 0 Å². The molecule has 0 saturated heterocycles. The van der Waals surface area contributed by atoms with Gasteiger partial charge in [0.1, 0.15) is 0 Å². The summed E-state index contributed by atoms with van der Waals surface area (Å²) in [4.78, 5) is 12.1. The Bertz CT molecular complexity index is 522. The predicted octanol–water partition coefficient (Wildman–Crippen LogP) is 0.818. The summed E-state index contributed by atoms with van der Waals surface area (Å²) in [5, 5.41) is 4.04. The van der Waals surface area contributed by atoms with Crippen molar-refractivity contribution in [2.75, 3.05) is 12.3 Å². The van der Waals surface area contributed by atoms with Gasteiger partial charge in [-0.15, -0.1) is 0 Å². The van der Waals surface area contributed by atoms with E-state index in [4.69, 9.17) is 10.5 Å². The van der Waals surface area contributed by atoms with E-state index < -0.39 is 0 Å². The van der Waals surface area contributed by atoms with Gasteiger partial charge < -0.3 is 10.5 Å². The fourth-order valence-corrected chi connectivity index (χ4v) is 1.64. The largest absolute Gasteiger partial charge is 0.463 e. The van der Waals surface area contributed by atoms with Crippen molar-refractivity contribution in [3.05, 3.63) is 18.5 Å². The lowest BCUT2D eigenvalue weighted by atomic mass is 10.3. The van der Waals surface area contributed by atoms with Gasteiger partial charge in [0.05, 0.1) is 6.61 Å². The molecule has 2 N–H and O–H groups in total. The third-order valence-corrected chi connectivity index (χ3v) is 2.78. The fourth-order valence-electron chi connectivity index (χ4n) is 1.64. The van der Waals surface area contributed by atoms with Crippen molar-refractivity contribution in [3.8, 4) is 12.0 Å². The molecule has 2 aromatic rings. The number of nitrogens with two attached hydrogens (primary N) is 1. The Labute approximate surface area is 104 Å². The fraction of sp³-hybridized carbons (Fsp3) is 0.455. The van der Waals surface area contributed by atoms with Gasteiger partial charge in [0.15, 0.2) is 0 Å². The molecule has 2 aromatic heterocycles. The van der Waals surface area contributed by atoms with Crippen molar-refractivity contribution in [2.24, 2.45) is 5.92 Å². The minimum Gasteiger partial charge on any atom is -0.463 e. The molecule has 3 rings (SSSR count). The van der Waals surface area contributed by atoms with E-state index in [1.54, 1.807) is 18.5 Å². The van der Waals surface area contributed by atoms with E-state index >= 15 is 0 Å². The van der Waals surface area contributed by atoms with E-state index in [1.807, 2.05) is 0 Å². The maximum absolute atomic E-state index is 5.63. The minimum atomic E-state index is 0.136. The molecular weight excluding hydrogens is 232 g/mol. The zero-order valence-electron chi connectivity index (χ0n) is 9.86. The summed E-state index contributed by atoms with van der Waals surface area (Å²) < 4.78 is 7.01. The van der Waals surface area contributed by atoms with Crippen molar-refractivity contribution in [2.45, 2.75) is 19.3 Å². The molecular formula is C11H14N6O. The Morgan fingerprint density at radius 1 is 1.33 bits per heavy atom. The number of hydrogen-bond acceptors (Lipinski definition) is 6. The van der Waals surface area contributed by atoms with Gasteiger partial charge in [-0.25, -0.2) is 4.68 Å². The second-order valence-electron chi connectivity index (χ2n) is 4.31. The molecule has 0 radical (unpaired) electrons. The van der Waals surface area contributed by atoms with E-state index in [-0.39, 0.29) is 12.0 Å². The maximum Gasteiger partial charge on any atom is 0.323 e. The summed E-state index contributed by atoms with van der Waals surface area (Å²) in [5.74, 6) is 1.32. The molecule has 1 saturated carbocycles. The molecule has 94 valence electrons. The van der Waals surface area contributed by atoms with Gasteiger partial charge in [0.2, 0.25) is 5.95 Å². The van der Waals surface area contributed by atoms with Crippen LogP contribution in [0.15, 0.2) is 18.5 Å². The predicted molar refractivity (Wildman–Crippen MR) is 64.2 cm³/mol. The summed E-state index contributed by atoms with van der Waals surface area (Å²) in [6.07, 6.45) is 7.04. The Hall–Kier alpha value is -2.18. The first-order valence-corrected chi connectivity index (χ1v) is 5.95. The van der Waals surface area contributed by atoms with Gasteiger partial charge in [-0.3, -0.25) is 0 Å². The average molecular weight is 246 g/mol. The summed E-state index contributed by atoms with van der Waals surface area (Å²) >= 11 is 0. The number of nitrogen functional groups attached to an aromatic ring is 1. The molecule has 0 aromatic carbocycles. The molecule has 0 amide bonds. The third kappa shape index (κ3) is 2.55. The molecule has 0 aliphatic heterocycles. The third-order valence-electron chi connectivity index (χ3n) is 2.78. The van der Waals surface area contributed by atoms with Crippen molar-refractivity contribution in [3.63, 3.8) is 0 Å². The lowest BCUT2D eigenvalue weighted by Crippen LogP contribution is -2.10. The molecule has 1 fully saturated rings. The van der Waals surface area contributed by atoms with Crippen molar-refractivity contribution < 1.29 is 4.74 Å². The highest BCUT2D eigenvalue weighted by atomic mass is 16.5. The van der Waals surface area contributed by atoms with Crippen LogP contribution in [0, 0.1) is 5.92 Å². The normalized spacial score (nSPS) is 14.7. The lowest BCUT2D eigenvalue weighted by molar-refractivity contribution is 0.278. The standard InChI is InChI=1S/C11H14N6O/c12-9-14-10(17-6-1-5-13-17)16-11(15-9)18-7-4-8-2-3-8/h1,5-6,8H,2-4,7H2,(H2,12,14,15,16). The van der Waals surface area contributed by atoms with Gasteiger partial charge in [-0.1, -0.05) is 12.8 Å². The van der Waals surface area contributed by atoms with Gasteiger partial charge in [-0.2, -0.15) is 20.1 Å². The molecule has 0 unspecified atom stereocenters. The molecule has 0 bridgehead atoms. The highest BCUT2D eigenvalue weighted by Crippen LogP contribution is 2.32. The number of hydrogen-bond donors (Lipinski definition) is 1. The van der Waals surface area contributed by atoms with Crippen LogP contribution in [0.1, 0.15) is 19.3 Å². The van der Waals surface area contributed by atoms with Crippen molar-refractivity contribution in [1.82, 2.24) is 24.7 Å². The summed E-state index contributed by atoms with van der Waals surface area (Å²) in [5.41, 5.74) is 5.63. The van der Waals surface area contributed by atoms with Crippen molar-refractivity contribution >= 4 is 5.95 Å². The Morgan fingerprint density at radius 2 is 2.22 bits per heavy atom. The number of anilines is 1. The van der Waals surface area contributed by atoms with Crippen LogP contribution in [-0.2, 0) is 0 Å². The summed E-state index contributed by atoms with van der Waals surface area (Å²) in [6.45, 7) is 0.618. The zero-order valence-corrected chi connectivity index (χ0v) is 9.86. The minimum absolute atomic E-state index is 0.136. The van der Waals surface area contributed by atoms with Crippen LogP contribution >= 0.6 is 0 Å². The molecule has 7 nitrogen and oxygen atoms in total. The topological polar surface area (TPSA) is 91.7 Å². The Balaban J connectivity index is 1.72. The second kappa shape index (κ2) is 4.59. The molecule has 1 aliphatic rings. The number of aromatic nitrogens is 5. The van der Waals surface area contributed by atoms with Crippen LogP contribution in [0.25, 0.3) is 5.95 Å². The smallest absolute Gasteiger partial charge is 0.323 e. The average Bonchev–Trinajstić information content (AvgIpc) is 3.01. The van der Waals surface area contributed by atoms with Gasteiger partial charge in [0, 0.05) is 12.4 Å². The molecule has 0 spiro atoms. The van der Waals surface area contributed by atoms with Crippen LogP contribution in [0.2, 0.25) is 0 Å². The number of ether oxygens (including phenoxy) is 1. The van der Waals surface area contributed by atoms with Gasteiger partial charge >= 0.3 is 6.01 Å². The molecule has 18 heavy (non-hydrogen) atoms. The maximum atomic E-state index is 5.63. The lowest BCUT2D eigenvalue weighted by Gasteiger charge is -2.06. The number of rotatable bonds is 5. The Kier molecular flexibility index (Phi) is 2.79. The van der Waals surface area contributed by atoms with Crippen LogP contribution in [-0.4, -0.2) is 31.3 Å². The molecule has 1 aliphatic carbocycles.